The summed E-state index contributed by atoms with van der Waals surface area (Å²) in [7, 11) is 0. The van der Waals surface area contributed by atoms with Crippen LogP contribution < -0.4 is 0 Å². The Bertz CT molecular complexity index is 928. The van der Waals surface area contributed by atoms with Crippen LogP contribution in [-0.2, 0) is 0 Å². The Labute approximate surface area is 122 Å². The number of fused-ring (bicyclic) bond motifs is 5. The van der Waals surface area contributed by atoms with Crippen LogP contribution in [0.25, 0.3) is 30.9 Å². The molecule has 0 amide bonds. The summed E-state index contributed by atoms with van der Waals surface area (Å²) in [6.07, 6.45) is 0. The van der Waals surface area contributed by atoms with Gasteiger partial charge in [0, 0.05) is 20.2 Å². The molecule has 0 saturated heterocycles. The zero-order valence-electron chi connectivity index (χ0n) is 11.7. The largest absolute Gasteiger partial charge is 0.135 e. The van der Waals surface area contributed by atoms with Gasteiger partial charge < -0.3 is 0 Å². The molecule has 4 rings (SSSR count). The Balaban J connectivity index is 2.17. The Morgan fingerprint density at radius 3 is 2.50 bits per heavy atom. The minimum atomic E-state index is 0.585. The molecule has 1 aromatic heterocycles. The lowest BCUT2D eigenvalue weighted by Gasteiger charge is -2.05. The van der Waals surface area contributed by atoms with Gasteiger partial charge in [0.25, 0.3) is 0 Å². The molecule has 0 spiro atoms. The van der Waals surface area contributed by atoms with Gasteiger partial charge in [-0.1, -0.05) is 56.3 Å². The van der Waals surface area contributed by atoms with Crippen molar-refractivity contribution in [3.8, 4) is 0 Å². The highest BCUT2D eigenvalue weighted by molar-refractivity contribution is 7.26. The van der Waals surface area contributed by atoms with E-state index in [0.717, 1.165) is 0 Å². The predicted molar refractivity (Wildman–Crippen MR) is 90.9 cm³/mol. The lowest BCUT2D eigenvalue weighted by atomic mass is 10.00. The molecule has 98 valence electrons. The summed E-state index contributed by atoms with van der Waals surface area (Å²) >= 11 is 1.91. The molecule has 0 N–H and O–H groups in total. The molecule has 0 saturated carbocycles. The maximum Gasteiger partial charge on any atom is 0.0361 e. The predicted octanol–water partition coefficient (Wildman–Crippen LogP) is 6.33. The van der Waals surface area contributed by atoms with Gasteiger partial charge in [-0.05, 0) is 34.4 Å². The van der Waals surface area contributed by atoms with Crippen molar-refractivity contribution in [3.05, 3.63) is 60.2 Å². The van der Waals surface area contributed by atoms with Gasteiger partial charge in [0.05, 0.1) is 0 Å². The topological polar surface area (TPSA) is 0 Å². The number of hydrogen-bond donors (Lipinski definition) is 0. The Kier molecular flexibility index (Phi) is 2.58. The smallest absolute Gasteiger partial charge is 0.0361 e. The molecular weight excluding hydrogens is 260 g/mol. The number of thiophene rings is 1. The second kappa shape index (κ2) is 4.32. The van der Waals surface area contributed by atoms with Crippen molar-refractivity contribution in [2.45, 2.75) is 19.8 Å². The zero-order chi connectivity index (χ0) is 13.7. The fourth-order valence-corrected chi connectivity index (χ4v) is 4.09. The average Bonchev–Trinajstić information content (AvgIpc) is 2.85. The first-order valence-electron chi connectivity index (χ1n) is 7.08. The minimum absolute atomic E-state index is 0.585. The first-order chi connectivity index (χ1) is 9.74. The molecule has 0 radical (unpaired) electrons. The Morgan fingerprint density at radius 2 is 1.65 bits per heavy atom. The van der Waals surface area contributed by atoms with E-state index in [-0.39, 0.29) is 0 Å². The molecule has 0 fully saturated rings. The summed E-state index contributed by atoms with van der Waals surface area (Å²) in [4.78, 5) is 0. The van der Waals surface area contributed by atoms with Gasteiger partial charge in [-0.3, -0.25) is 0 Å². The van der Waals surface area contributed by atoms with Crippen molar-refractivity contribution in [1.82, 2.24) is 0 Å². The monoisotopic (exact) mass is 276 g/mol. The van der Waals surface area contributed by atoms with Gasteiger partial charge in [-0.15, -0.1) is 11.3 Å². The standard InChI is InChI=1S/C19H16S/c1-12(2)14-7-9-16-18(11-14)20-17-10-8-13-5-3-4-6-15(13)19(16)17/h3-12H,1-2H3. The van der Waals surface area contributed by atoms with Crippen LogP contribution in [0, 0.1) is 0 Å². The van der Waals surface area contributed by atoms with Gasteiger partial charge in [-0.2, -0.15) is 0 Å². The SMILES string of the molecule is CC(C)c1ccc2c(c1)sc1ccc3ccccc3c12. The lowest BCUT2D eigenvalue weighted by Crippen LogP contribution is -1.84. The van der Waals surface area contributed by atoms with Crippen LogP contribution in [0.15, 0.2) is 54.6 Å². The highest BCUT2D eigenvalue weighted by Crippen LogP contribution is 2.39. The van der Waals surface area contributed by atoms with E-state index < -0.39 is 0 Å². The summed E-state index contributed by atoms with van der Waals surface area (Å²) in [5.74, 6) is 0.585. The maximum absolute atomic E-state index is 2.36. The summed E-state index contributed by atoms with van der Waals surface area (Å²) in [5.41, 5.74) is 1.42. The van der Waals surface area contributed by atoms with Crippen LogP contribution in [0.1, 0.15) is 25.3 Å². The highest BCUT2D eigenvalue weighted by Gasteiger charge is 2.09. The molecule has 1 heteroatoms. The minimum Gasteiger partial charge on any atom is -0.135 e. The molecule has 3 aromatic carbocycles. The van der Waals surface area contributed by atoms with E-state index in [1.54, 1.807) is 0 Å². The molecule has 0 atom stereocenters. The second-order valence-corrected chi connectivity index (χ2v) is 6.76. The lowest BCUT2D eigenvalue weighted by molar-refractivity contribution is 0.869. The molecular formula is C19H16S. The van der Waals surface area contributed by atoms with Crippen LogP contribution in [0.4, 0.5) is 0 Å². The second-order valence-electron chi connectivity index (χ2n) is 5.67. The van der Waals surface area contributed by atoms with Crippen LogP contribution in [0.2, 0.25) is 0 Å². The van der Waals surface area contributed by atoms with E-state index in [1.807, 2.05) is 11.3 Å². The highest BCUT2D eigenvalue weighted by atomic mass is 32.1. The van der Waals surface area contributed by atoms with Crippen molar-refractivity contribution in [1.29, 1.82) is 0 Å². The first kappa shape index (κ1) is 11.9. The van der Waals surface area contributed by atoms with Crippen molar-refractivity contribution < 1.29 is 0 Å². The van der Waals surface area contributed by atoms with Gasteiger partial charge >= 0.3 is 0 Å². The van der Waals surface area contributed by atoms with Gasteiger partial charge in [-0.25, -0.2) is 0 Å². The number of benzene rings is 3. The van der Waals surface area contributed by atoms with E-state index in [4.69, 9.17) is 0 Å². The molecule has 1 heterocycles. The van der Waals surface area contributed by atoms with E-state index in [2.05, 4.69) is 68.4 Å². The van der Waals surface area contributed by atoms with E-state index in [0.29, 0.717) is 5.92 Å². The third kappa shape index (κ3) is 1.66. The quantitative estimate of drug-likeness (QED) is 0.381. The zero-order valence-corrected chi connectivity index (χ0v) is 12.5. The van der Waals surface area contributed by atoms with Crippen LogP contribution in [0.3, 0.4) is 0 Å². The molecule has 20 heavy (non-hydrogen) atoms. The molecule has 0 nitrogen and oxygen atoms in total. The van der Waals surface area contributed by atoms with Gasteiger partial charge in [0.1, 0.15) is 0 Å². The van der Waals surface area contributed by atoms with Crippen LogP contribution in [-0.4, -0.2) is 0 Å². The van der Waals surface area contributed by atoms with E-state index in [9.17, 15) is 0 Å². The van der Waals surface area contributed by atoms with E-state index >= 15 is 0 Å². The first-order valence-corrected chi connectivity index (χ1v) is 7.89. The third-order valence-electron chi connectivity index (χ3n) is 4.05. The maximum atomic E-state index is 2.36. The third-order valence-corrected chi connectivity index (χ3v) is 5.17. The van der Waals surface area contributed by atoms with Gasteiger partial charge in [0.15, 0.2) is 0 Å². The molecule has 0 bridgehead atoms. The Morgan fingerprint density at radius 1 is 0.800 bits per heavy atom. The molecule has 0 aliphatic rings. The van der Waals surface area contributed by atoms with Crippen molar-refractivity contribution in [3.63, 3.8) is 0 Å². The Hall–Kier alpha value is -1.86. The summed E-state index contributed by atoms with van der Waals surface area (Å²) in [6, 6.07) is 20.1. The summed E-state index contributed by atoms with van der Waals surface area (Å²) in [5, 5.41) is 5.51. The molecule has 0 aliphatic carbocycles. The van der Waals surface area contributed by atoms with E-state index in [1.165, 1.54) is 36.5 Å². The summed E-state index contributed by atoms with van der Waals surface area (Å²) < 4.78 is 2.79. The van der Waals surface area contributed by atoms with Crippen LogP contribution >= 0.6 is 11.3 Å². The van der Waals surface area contributed by atoms with Crippen molar-refractivity contribution >= 4 is 42.3 Å². The fraction of sp³-hybridized carbons (Fsp3) is 0.158. The number of hydrogen-bond acceptors (Lipinski definition) is 1. The number of rotatable bonds is 1. The van der Waals surface area contributed by atoms with Gasteiger partial charge in [0.2, 0.25) is 0 Å². The normalized spacial score (nSPS) is 11.9. The molecule has 0 unspecified atom stereocenters. The average molecular weight is 276 g/mol. The van der Waals surface area contributed by atoms with Crippen molar-refractivity contribution in [2.24, 2.45) is 0 Å². The van der Waals surface area contributed by atoms with Crippen molar-refractivity contribution in [2.75, 3.05) is 0 Å². The fourth-order valence-electron chi connectivity index (χ4n) is 2.92. The summed E-state index contributed by atoms with van der Waals surface area (Å²) in [6.45, 7) is 4.51. The molecule has 0 aliphatic heterocycles. The molecule has 4 aromatic rings. The van der Waals surface area contributed by atoms with Crippen LogP contribution in [0.5, 0.6) is 0 Å².